The molecule has 0 bridgehead atoms. The van der Waals surface area contributed by atoms with Gasteiger partial charge in [0.05, 0.1) is 0 Å². The molecule has 0 heterocycles. The van der Waals surface area contributed by atoms with E-state index in [0.29, 0.717) is 13.1 Å². The number of aliphatic imine (C=N–C) groups is 1. The lowest BCUT2D eigenvalue weighted by Crippen LogP contribution is -2.43. The second-order valence-corrected chi connectivity index (χ2v) is 7.27. The van der Waals surface area contributed by atoms with Gasteiger partial charge in [-0.3, -0.25) is 4.99 Å². The van der Waals surface area contributed by atoms with Crippen LogP contribution in [0.15, 0.2) is 4.99 Å². The number of ether oxygens (including phenoxy) is 1. The first-order valence-corrected chi connectivity index (χ1v) is 9.64. The maximum atomic E-state index is 11.9. The van der Waals surface area contributed by atoms with Crippen LogP contribution in [0.2, 0.25) is 0 Å². The fourth-order valence-electron chi connectivity index (χ4n) is 1.66. The summed E-state index contributed by atoms with van der Waals surface area (Å²) in [6.45, 7) is 10.5. The summed E-state index contributed by atoms with van der Waals surface area (Å²) in [7, 11) is 1.74. The highest BCUT2D eigenvalue weighted by atomic mass is 32.2. The van der Waals surface area contributed by atoms with E-state index in [4.69, 9.17) is 4.74 Å². The van der Waals surface area contributed by atoms with Gasteiger partial charge in [-0.05, 0) is 52.5 Å². The smallest absolute Gasteiger partial charge is 0.410 e. The van der Waals surface area contributed by atoms with Gasteiger partial charge in [-0.25, -0.2) is 4.79 Å². The second-order valence-electron chi connectivity index (χ2n) is 6.29. The van der Waals surface area contributed by atoms with E-state index in [9.17, 15) is 4.79 Å². The van der Waals surface area contributed by atoms with Crippen LogP contribution in [-0.4, -0.2) is 67.8 Å². The Balaban J connectivity index is 4.11. The zero-order valence-electron chi connectivity index (χ0n) is 15.6. The standard InChI is InChI=1S/C16H34N4O2S/c1-7-17-14(18-10-8-9-13-23-6)19-11-12-20(5)15(21)22-16(2,3)4/h7-13H2,1-6H3,(H2,17,18,19). The summed E-state index contributed by atoms with van der Waals surface area (Å²) in [6, 6.07) is 0. The van der Waals surface area contributed by atoms with E-state index >= 15 is 0 Å². The number of nitrogens with zero attached hydrogens (tertiary/aromatic N) is 2. The Morgan fingerprint density at radius 3 is 2.52 bits per heavy atom. The van der Waals surface area contributed by atoms with Gasteiger partial charge in [0, 0.05) is 33.2 Å². The number of likely N-dealkylation sites (N-methyl/N-ethyl adjacent to an activating group) is 1. The predicted molar refractivity (Wildman–Crippen MR) is 100 cm³/mol. The molecular formula is C16H34N4O2S. The Labute approximate surface area is 145 Å². The van der Waals surface area contributed by atoms with Crippen molar-refractivity contribution in [2.24, 2.45) is 4.99 Å². The SMILES string of the molecule is CCNC(=NCCCCSC)NCCN(C)C(=O)OC(C)(C)C. The Hall–Kier alpha value is -1.11. The molecule has 0 unspecified atom stereocenters. The van der Waals surface area contributed by atoms with Crippen molar-refractivity contribution in [3.05, 3.63) is 0 Å². The highest BCUT2D eigenvalue weighted by Crippen LogP contribution is 2.08. The molecule has 2 N–H and O–H groups in total. The Bertz CT molecular complexity index is 356. The third-order valence-corrected chi connectivity index (χ3v) is 3.51. The summed E-state index contributed by atoms with van der Waals surface area (Å²) < 4.78 is 5.32. The molecular weight excluding hydrogens is 312 g/mol. The van der Waals surface area contributed by atoms with Crippen molar-refractivity contribution in [2.45, 2.75) is 46.1 Å². The molecule has 23 heavy (non-hydrogen) atoms. The Kier molecular flexibility index (Phi) is 11.7. The molecule has 136 valence electrons. The van der Waals surface area contributed by atoms with Gasteiger partial charge in [-0.2, -0.15) is 11.8 Å². The van der Waals surface area contributed by atoms with Crippen molar-refractivity contribution >= 4 is 23.8 Å². The number of hydrogen-bond acceptors (Lipinski definition) is 4. The fourth-order valence-corrected chi connectivity index (χ4v) is 2.16. The fraction of sp³-hybridized carbons (Fsp3) is 0.875. The number of rotatable bonds is 9. The van der Waals surface area contributed by atoms with Gasteiger partial charge >= 0.3 is 6.09 Å². The van der Waals surface area contributed by atoms with Crippen molar-refractivity contribution in [2.75, 3.05) is 45.2 Å². The summed E-state index contributed by atoms with van der Waals surface area (Å²) in [5.41, 5.74) is -0.466. The summed E-state index contributed by atoms with van der Waals surface area (Å²) in [4.78, 5) is 18.0. The lowest BCUT2D eigenvalue weighted by Gasteiger charge is -2.24. The molecule has 0 aromatic carbocycles. The molecule has 1 amide bonds. The number of carbonyl (C=O) groups is 1. The van der Waals surface area contributed by atoms with Crippen LogP contribution in [0.3, 0.4) is 0 Å². The molecule has 0 aliphatic rings. The van der Waals surface area contributed by atoms with Gasteiger partial charge in [0.15, 0.2) is 5.96 Å². The monoisotopic (exact) mass is 346 g/mol. The first-order chi connectivity index (χ1) is 10.8. The molecule has 0 saturated carbocycles. The van der Waals surface area contributed by atoms with Gasteiger partial charge in [0.2, 0.25) is 0 Å². The number of amides is 1. The van der Waals surface area contributed by atoms with E-state index in [1.165, 1.54) is 12.2 Å². The van der Waals surface area contributed by atoms with Crippen LogP contribution in [0.25, 0.3) is 0 Å². The zero-order chi connectivity index (χ0) is 17.7. The van der Waals surface area contributed by atoms with E-state index in [2.05, 4.69) is 21.9 Å². The van der Waals surface area contributed by atoms with Crippen molar-refractivity contribution in [1.82, 2.24) is 15.5 Å². The van der Waals surface area contributed by atoms with Crippen LogP contribution in [0.5, 0.6) is 0 Å². The molecule has 0 aromatic rings. The molecule has 0 rings (SSSR count). The predicted octanol–water partition coefficient (Wildman–Crippen LogP) is 2.55. The number of thioether (sulfide) groups is 1. The average Bonchev–Trinajstić information content (AvgIpc) is 2.45. The lowest BCUT2D eigenvalue weighted by molar-refractivity contribution is 0.0302. The molecule has 0 spiro atoms. The van der Waals surface area contributed by atoms with Gasteiger partial charge in [-0.15, -0.1) is 0 Å². The van der Waals surface area contributed by atoms with Crippen LogP contribution >= 0.6 is 11.8 Å². The quantitative estimate of drug-likeness (QED) is 0.382. The number of nitrogens with one attached hydrogen (secondary N) is 2. The van der Waals surface area contributed by atoms with E-state index in [1.807, 2.05) is 39.5 Å². The van der Waals surface area contributed by atoms with E-state index in [0.717, 1.165) is 25.5 Å². The summed E-state index contributed by atoms with van der Waals surface area (Å²) in [6.07, 6.45) is 4.09. The lowest BCUT2D eigenvalue weighted by atomic mass is 10.2. The van der Waals surface area contributed by atoms with Crippen LogP contribution in [0, 0.1) is 0 Å². The Morgan fingerprint density at radius 2 is 1.96 bits per heavy atom. The van der Waals surface area contributed by atoms with Gasteiger partial charge in [0.1, 0.15) is 5.60 Å². The van der Waals surface area contributed by atoms with Crippen molar-refractivity contribution < 1.29 is 9.53 Å². The summed E-state index contributed by atoms with van der Waals surface area (Å²) >= 11 is 1.87. The molecule has 0 aliphatic heterocycles. The first kappa shape index (κ1) is 21.9. The average molecular weight is 347 g/mol. The van der Waals surface area contributed by atoms with E-state index < -0.39 is 5.60 Å². The topological polar surface area (TPSA) is 66.0 Å². The largest absolute Gasteiger partial charge is 0.444 e. The van der Waals surface area contributed by atoms with Gasteiger partial charge in [-0.1, -0.05) is 0 Å². The summed E-state index contributed by atoms with van der Waals surface area (Å²) in [5.74, 6) is 1.98. The summed E-state index contributed by atoms with van der Waals surface area (Å²) in [5, 5.41) is 6.46. The maximum Gasteiger partial charge on any atom is 0.410 e. The highest BCUT2D eigenvalue weighted by Gasteiger charge is 2.19. The molecule has 0 aromatic heterocycles. The number of guanidine groups is 1. The van der Waals surface area contributed by atoms with Crippen LogP contribution in [0.4, 0.5) is 4.79 Å². The normalized spacial score (nSPS) is 12.0. The third-order valence-electron chi connectivity index (χ3n) is 2.82. The van der Waals surface area contributed by atoms with Crippen LogP contribution in [0.1, 0.15) is 40.5 Å². The molecule has 0 saturated heterocycles. The molecule has 0 fully saturated rings. The minimum absolute atomic E-state index is 0.307. The van der Waals surface area contributed by atoms with Crippen molar-refractivity contribution in [3.63, 3.8) is 0 Å². The van der Waals surface area contributed by atoms with Crippen LogP contribution in [-0.2, 0) is 4.74 Å². The van der Waals surface area contributed by atoms with Crippen molar-refractivity contribution in [3.8, 4) is 0 Å². The van der Waals surface area contributed by atoms with E-state index in [-0.39, 0.29) is 6.09 Å². The molecule has 7 heteroatoms. The molecule has 6 nitrogen and oxygen atoms in total. The highest BCUT2D eigenvalue weighted by molar-refractivity contribution is 7.98. The van der Waals surface area contributed by atoms with E-state index in [1.54, 1.807) is 11.9 Å². The maximum absolute atomic E-state index is 11.9. The van der Waals surface area contributed by atoms with Crippen LogP contribution < -0.4 is 10.6 Å². The molecule has 0 radical (unpaired) electrons. The molecule has 0 aliphatic carbocycles. The number of carbonyl (C=O) groups excluding carboxylic acids is 1. The third kappa shape index (κ3) is 13.1. The Morgan fingerprint density at radius 1 is 1.26 bits per heavy atom. The van der Waals surface area contributed by atoms with Crippen molar-refractivity contribution in [1.29, 1.82) is 0 Å². The zero-order valence-corrected chi connectivity index (χ0v) is 16.4. The minimum Gasteiger partial charge on any atom is -0.444 e. The van der Waals surface area contributed by atoms with Gasteiger partial charge in [0.25, 0.3) is 0 Å². The van der Waals surface area contributed by atoms with Gasteiger partial charge < -0.3 is 20.3 Å². The minimum atomic E-state index is -0.466. The molecule has 0 atom stereocenters. The number of hydrogen-bond donors (Lipinski definition) is 2. The number of unbranched alkanes of at least 4 members (excludes halogenated alkanes) is 1. The second kappa shape index (κ2) is 12.3. The first-order valence-electron chi connectivity index (χ1n) is 8.25.